The first-order valence-corrected chi connectivity index (χ1v) is 17.8. The Kier molecular flexibility index (Phi) is 6.98. The molecule has 0 fully saturated rings. The molecular weight excluding hydrogens is 657 g/mol. The van der Waals surface area contributed by atoms with Crippen molar-refractivity contribution < 1.29 is 4.42 Å². The summed E-state index contributed by atoms with van der Waals surface area (Å²) in [7, 11) is 0. The molecular formula is C46H26N4OS. The number of nitriles is 1. The topological polar surface area (TPSA) is 75.6 Å². The summed E-state index contributed by atoms with van der Waals surface area (Å²) in [6, 6.07) is 56.0. The number of thiophene rings is 1. The van der Waals surface area contributed by atoms with Gasteiger partial charge in [-0.2, -0.15) is 5.26 Å². The quantitative estimate of drug-likeness (QED) is 0.181. The molecule has 0 N–H and O–H groups in total. The lowest BCUT2D eigenvalue weighted by Crippen LogP contribution is -2.00. The molecule has 6 heteroatoms. The Hall–Kier alpha value is -6.94. The number of hydrogen-bond acceptors (Lipinski definition) is 6. The van der Waals surface area contributed by atoms with Crippen LogP contribution in [0.25, 0.3) is 98.5 Å². The third-order valence-electron chi connectivity index (χ3n) is 9.61. The van der Waals surface area contributed by atoms with Crippen molar-refractivity contribution >= 4 is 53.4 Å². The molecule has 0 atom stereocenters. The molecule has 0 bridgehead atoms. The van der Waals surface area contributed by atoms with Crippen LogP contribution in [0, 0.1) is 11.3 Å². The van der Waals surface area contributed by atoms with Crippen LogP contribution in [0.2, 0.25) is 0 Å². The Balaban J connectivity index is 1.12. The van der Waals surface area contributed by atoms with Gasteiger partial charge < -0.3 is 4.42 Å². The molecule has 7 aromatic carbocycles. The smallest absolute Gasteiger partial charge is 0.165 e. The monoisotopic (exact) mass is 682 g/mol. The van der Waals surface area contributed by atoms with Crippen molar-refractivity contribution in [3.05, 3.63) is 163 Å². The zero-order valence-corrected chi connectivity index (χ0v) is 28.4. The second kappa shape index (κ2) is 12.1. The Labute approximate surface area is 302 Å². The Morgan fingerprint density at radius 2 is 1.04 bits per heavy atom. The average Bonchev–Trinajstić information content (AvgIpc) is 3.80. The van der Waals surface area contributed by atoms with E-state index in [0.29, 0.717) is 23.0 Å². The van der Waals surface area contributed by atoms with Gasteiger partial charge in [-0.1, -0.05) is 127 Å². The van der Waals surface area contributed by atoms with E-state index in [9.17, 15) is 5.26 Å². The summed E-state index contributed by atoms with van der Waals surface area (Å²) < 4.78 is 8.52. The van der Waals surface area contributed by atoms with E-state index in [4.69, 9.17) is 19.4 Å². The molecule has 0 spiro atoms. The van der Waals surface area contributed by atoms with Gasteiger partial charge >= 0.3 is 0 Å². The minimum absolute atomic E-state index is 0.554. The summed E-state index contributed by atoms with van der Waals surface area (Å²) >= 11 is 1.60. The van der Waals surface area contributed by atoms with Crippen LogP contribution in [0.3, 0.4) is 0 Å². The van der Waals surface area contributed by atoms with Crippen LogP contribution in [0.15, 0.2) is 162 Å². The number of fused-ring (bicyclic) bond motifs is 6. The number of rotatable bonds is 5. The van der Waals surface area contributed by atoms with Gasteiger partial charge in [-0.05, 0) is 52.6 Å². The maximum atomic E-state index is 9.83. The first kappa shape index (κ1) is 29.9. The summed E-state index contributed by atoms with van der Waals surface area (Å²) in [5, 5.41) is 14.1. The van der Waals surface area contributed by atoms with Gasteiger partial charge in [0.1, 0.15) is 17.2 Å². The van der Waals surface area contributed by atoms with E-state index < -0.39 is 0 Å². The molecule has 0 unspecified atom stereocenters. The zero-order valence-electron chi connectivity index (χ0n) is 27.6. The predicted molar refractivity (Wildman–Crippen MR) is 212 cm³/mol. The van der Waals surface area contributed by atoms with Crippen LogP contribution in [0.4, 0.5) is 0 Å². The SMILES string of the molecule is N#Cc1cccc2c1sc1c(-c3nc(-c4ccccc4)nc(-c4ccc5c(c4)oc4cccc(-c6ccc(-c7ccccc7)cc6)c45)n3)cccc12. The van der Waals surface area contributed by atoms with Crippen LogP contribution in [0.1, 0.15) is 5.56 Å². The normalized spacial score (nSPS) is 11.4. The molecule has 0 amide bonds. The van der Waals surface area contributed by atoms with E-state index in [1.807, 2.05) is 78.9 Å². The molecule has 10 aromatic rings. The van der Waals surface area contributed by atoms with Gasteiger partial charge in [0.05, 0.1) is 10.3 Å². The number of nitrogens with zero attached hydrogens (tertiary/aromatic N) is 4. The van der Waals surface area contributed by atoms with Gasteiger partial charge in [0.2, 0.25) is 0 Å². The maximum absolute atomic E-state index is 9.83. The highest BCUT2D eigenvalue weighted by atomic mass is 32.1. The molecule has 0 saturated carbocycles. The third kappa shape index (κ3) is 4.95. The van der Waals surface area contributed by atoms with Crippen molar-refractivity contribution in [2.75, 3.05) is 0 Å². The summed E-state index contributed by atoms with van der Waals surface area (Å²) in [6.45, 7) is 0. The second-order valence-corrected chi connectivity index (χ2v) is 13.7. The first-order valence-electron chi connectivity index (χ1n) is 17.0. The highest BCUT2D eigenvalue weighted by Gasteiger charge is 2.19. The fraction of sp³-hybridized carbons (Fsp3) is 0. The molecule has 0 aliphatic carbocycles. The van der Waals surface area contributed by atoms with Crippen molar-refractivity contribution in [2.45, 2.75) is 0 Å². The predicted octanol–water partition coefficient (Wildman–Crippen LogP) is 12.3. The fourth-order valence-corrected chi connectivity index (χ4v) is 8.38. The molecule has 0 aliphatic heterocycles. The van der Waals surface area contributed by atoms with Crippen LogP contribution in [0.5, 0.6) is 0 Å². The summed E-state index contributed by atoms with van der Waals surface area (Å²) in [6.07, 6.45) is 0. The van der Waals surface area contributed by atoms with Crippen LogP contribution >= 0.6 is 11.3 Å². The Morgan fingerprint density at radius 1 is 0.442 bits per heavy atom. The number of hydrogen-bond donors (Lipinski definition) is 0. The van der Waals surface area contributed by atoms with Crippen molar-refractivity contribution in [1.82, 2.24) is 15.0 Å². The molecule has 242 valence electrons. The average molecular weight is 683 g/mol. The lowest BCUT2D eigenvalue weighted by molar-refractivity contribution is 0.669. The minimum Gasteiger partial charge on any atom is -0.456 e. The van der Waals surface area contributed by atoms with Crippen molar-refractivity contribution in [3.8, 4) is 62.5 Å². The highest BCUT2D eigenvalue weighted by molar-refractivity contribution is 7.26. The lowest BCUT2D eigenvalue weighted by Gasteiger charge is -2.09. The molecule has 0 radical (unpaired) electrons. The second-order valence-electron chi connectivity index (χ2n) is 12.7. The van der Waals surface area contributed by atoms with Gasteiger partial charge in [-0.15, -0.1) is 11.3 Å². The molecule has 3 heterocycles. The van der Waals surface area contributed by atoms with Gasteiger partial charge in [0, 0.05) is 42.9 Å². The molecule has 0 saturated heterocycles. The molecule has 0 aliphatic rings. The minimum atomic E-state index is 0.554. The van der Waals surface area contributed by atoms with E-state index >= 15 is 0 Å². The van der Waals surface area contributed by atoms with E-state index in [2.05, 4.69) is 84.9 Å². The first-order chi connectivity index (χ1) is 25.7. The highest BCUT2D eigenvalue weighted by Crippen LogP contribution is 2.42. The zero-order chi connectivity index (χ0) is 34.6. The number of benzene rings is 7. The Morgan fingerprint density at radius 3 is 1.81 bits per heavy atom. The molecule has 52 heavy (non-hydrogen) atoms. The van der Waals surface area contributed by atoms with Gasteiger partial charge in [0.25, 0.3) is 0 Å². The van der Waals surface area contributed by atoms with Gasteiger partial charge in [-0.3, -0.25) is 0 Å². The van der Waals surface area contributed by atoms with Gasteiger partial charge in [0.15, 0.2) is 17.5 Å². The van der Waals surface area contributed by atoms with E-state index in [0.717, 1.165) is 69.9 Å². The summed E-state index contributed by atoms with van der Waals surface area (Å²) in [5.74, 6) is 1.71. The maximum Gasteiger partial charge on any atom is 0.165 e. The van der Waals surface area contributed by atoms with E-state index in [1.165, 1.54) is 11.1 Å². The van der Waals surface area contributed by atoms with Crippen molar-refractivity contribution in [3.63, 3.8) is 0 Å². The van der Waals surface area contributed by atoms with E-state index in [1.54, 1.807) is 11.3 Å². The standard InChI is InChI=1S/C46H26N4OS/c47-27-33-14-7-16-35-36-17-8-18-38(43(36)52-42(33)35)46-49-44(31-12-5-2-6-13-31)48-45(50-46)32-24-25-37-40(26-32)51-39-19-9-15-34(41(37)39)30-22-20-29(21-23-30)28-10-3-1-4-11-28/h1-26H. The van der Waals surface area contributed by atoms with E-state index in [-0.39, 0.29) is 0 Å². The van der Waals surface area contributed by atoms with Crippen molar-refractivity contribution in [1.29, 1.82) is 5.26 Å². The number of furan rings is 1. The fourth-order valence-electron chi connectivity index (χ4n) is 7.10. The van der Waals surface area contributed by atoms with Crippen LogP contribution in [-0.2, 0) is 0 Å². The third-order valence-corrected chi connectivity index (χ3v) is 10.9. The summed E-state index contributed by atoms with van der Waals surface area (Å²) in [4.78, 5) is 15.1. The van der Waals surface area contributed by atoms with Crippen LogP contribution < -0.4 is 0 Å². The summed E-state index contributed by atoms with van der Waals surface area (Å²) in [5.41, 5.74) is 9.50. The lowest BCUT2D eigenvalue weighted by atomic mass is 9.96. The van der Waals surface area contributed by atoms with Gasteiger partial charge in [-0.25, -0.2) is 15.0 Å². The van der Waals surface area contributed by atoms with Crippen molar-refractivity contribution in [2.24, 2.45) is 0 Å². The molecule has 10 rings (SSSR count). The molecule has 5 nitrogen and oxygen atoms in total. The largest absolute Gasteiger partial charge is 0.456 e. The Bertz CT molecular complexity index is 3010. The van der Waals surface area contributed by atoms with Crippen LogP contribution in [-0.4, -0.2) is 15.0 Å². The number of aromatic nitrogens is 3. The molecule has 3 aromatic heterocycles.